The number of rotatable bonds is 5. The molecule has 1 amide bonds. The smallest absolute Gasteiger partial charge is 0.422 e. The van der Waals surface area contributed by atoms with Gasteiger partial charge in [0.15, 0.2) is 6.61 Å². The highest BCUT2D eigenvalue weighted by atomic mass is 19.4. The van der Waals surface area contributed by atoms with Crippen molar-refractivity contribution in [1.82, 2.24) is 10.3 Å². The van der Waals surface area contributed by atoms with Gasteiger partial charge in [0.05, 0.1) is 6.10 Å². The topological polar surface area (TPSA) is 71.5 Å². The highest BCUT2D eigenvalue weighted by Crippen LogP contribution is 2.36. The summed E-state index contributed by atoms with van der Waals surface area (Å²) in [6, 6.07) is 13.4. The Morgan fingerprint density at radius 3 is 2.60 bits per heavy atom. The molecular weight excluding hydrogens is 397 g/mol. The van der Waals surface area contributed by atoms with Crippen LogP contribution in [0.5, 0.6) is 5.75 Å². The number of nitrogens with zero attached hydrogens (tertiary/aromatic N) is 1. The summed E-state index contributed by atoms with van der Waals surface area (Å²) < 4.78 is 42.9. The third-order valence-corrected chi connectivity index (χ3v) is 5.01. The maximum absolute atomic E-state index is 12.6. The molecule has 5 nitrogen and oxygen atoms in total. The van der Waals surface area contributed by atoms with E-state index in [0.717, 1.165) is 5.39 Å². The first-order chi connectivity index (χ1) is 14.3. The Bertz CT molecular complexity index is 1080. The molecule has 0 unspecified atom stereocenters. The number of pyridine rings is 1. The number of halogens is 3. The Balaban J connectivity index is 1.69. The van der Waals surface area contributed by atoms with Gasteiger partial charge < -0.3 is 15.2 Å². The first-order valence-corrected chi connectivity index (χ1v) is 9.47. The number of aliphatic hydroxyl groups excluding tert-OH is 1. The largest absolute Gasteiger partial charge is 0.483 e. The van der Waals surface area contributed by atoms with Crippen molar-refractivity contribution in [3.8, 4) is 16.9 Å². The summed E-state index contributed by atoms with van der Waals surface area (Å²) in [4.78, 5) is 16.7. The Hall–Kier alpha value is -3.13. The summed E-state index contributed by atoms with van der Waals surface area (Å²) in [5, 5.41) is 13.6. The monoisotopic (exact) mass is 416 g/mol. The van der Waals surface area contributed by atoms with Gasteiger partial charge in [-0.3, -0.25) is 9.78 Å². The fraction of sp³-hybridized carbons (Fsp3) is 0.273. The van der Waals surface area contributed by atoms with E-state index in [1.54, 1.807) is 42.6 Å². The van der Waals surface area contributed by atoms with Crippen LogP contribution < -0.4 is 10.1 Å². The van der Waals surface area contributed by atoms with E-state index < -0.39 is 12.8 Å². The molecule has 0 saturated heterocycles. The van der Waals surface area contributed by atoms with E-state index in [2.05, 4.69) is 10.3 Å². The van der Waals surface area contributed by atoms with Crippen molar-refractivity contribution < 1.29 is 27.8 Å². The number of amides is 1. The Morgan fingerprint density at radius 1 is 1.13 bits per heavy atom. The molecule has 1 heterocycles. The van der Waals surface area contributed by atoms with Gasteiger partial charge in [0, 0.05) is 23.2 Å². The lowest BCUT2D eigenvalue weighted by Gasteiger charge is -2.31. The zero-order chi connectivity index (χ0) is 21.3. The molecule has 156 valence electrons. The predicted octanol–water partition coefficient (Wildman–Crippen LogP) is 4.10. The fourth-order valence-corrected chi connectivity index (χ4v) is 3.47. The molecule has 1 aromatic heterocycles. The molecule has 0 radical (unpaired) electrons. The average molecular weight is 416 g/mol. The minimum Gasteiger partial charge on any atom is -0.483 e. The highest BCUT2D eigenvalue weighted by molar-refractivity contribution is 6.02. The maximum Gasteiger partial charge on any atom is 0.422 e. The number of hydrogen-bond donors (Lipinski definition) is 2. The molecular formula is C22H19F3N2O3. The van der Waals surface area contributed by atoms with Crippen molar-refractivity contribution in [2.24, 2.45) is 0 Å². The minimum absolute atomic E-state index is 0.0864. The number of aliphatic hydroxyl groups is 1. The summed E-state index contributed by atoms with van der Waals surface area (Å²) >= 11 is 0. The van der Waals surface area contributed by atoms with Gasteiger partial charge in [-0.05, 0) is 35.9 Å². The summed E-state index contributed by atoms with van der Waals surface area (Å²) in [7, 11) is 0. The van der Waals surface area contributed by atoms with Gasteiger partial charge in [0.25, 0.3) is 5.91 Å². The molecule has 1 aliphatic rings. The van der Waals surface area contributed by atoms with Gasteiger partial charge in [-0.25, -0.2) is 0 Å². The first kappa shape index (κ1) is 20.2. The lowest BCUT2D eigenvalue weighted by molar-refractivity contribution is -0.153. The molecule has 8 heteroatoms. The first-order valence-electron chi connectivity index (χ1n) is 9.47. The molecule has 2 N–H and O–H groups in total. The van der Waals surface area contributed by atoms with E-state index in [4.69, 9.17) is 4.74 Å². The minimum atomic E-state index is -4.45. The summed E-state index contributed by atoms with van der Waals surface area (Å²) in [6.07, 6.45) is -2.26. The van der Waals surface area contributed by atoms with Crippen molar-refractivity contribution in [3.63, 3.8) is 0 Å². The zero-order valence-electron chi connectivity index (χ0n) is 15.8. The van der Waals surface area contributed by atoms with Crippen molar-refractivity contribution in [3.05, 3.63) is 60.4 Å². The van der Waals surface area contributed by atoms with Crippen LogP contribution in [0, 0.1) is 0 Å². The number of alkyl halides is 3. The van der Waals surface area contributed by atoms with Gasteiger partial charge in [-0.1, -0.05) is 36.4 Å². The predicted molar refractivity (Wildman–Crippen MR) is 105 cm³/mol. The number of carbonyl (C=O) groups excluding carboxylic acids is 1. The van der Waals surface area contributed by atoms with Crippen molar-refractivity contribution >= 4 is 16.7 Å². The molecule has 1 fully saturated rings. The van der Waals surface area contributed by atoms with E-state index in [1.165, 1.54) is 6.07 Å². The molecule has 0 bridgehead atoms. The van der Waals surface area contributed by atoms with Gasteiger partial charge in [-0.2, -0.15) is 13.2 Å². The van der Waals surface area contributed by atoms with Crippen LogP contribution >= 0.6 is 0 Å². The number of para-hydroxylation sites is 1. The van der Waals surface area contributed by atoms with Crippen molar-refractivity contribution in [1.29, 1.82) is 0 Å². The van der Waals surface area contributed by atoms with Crippen LogP contribution in [0.25, 0.3) is 21.9 Å². The number of aromatic nitrogens is 1. The van der Waals surface area contributed by atoms with E-state index in [1.807, 2.05) is 6.07 Å². The zero-order valence-corrected chi connectivity index (χ0v) is 15.8. The molecule has 1 aliphatic carbocycles. The van der Waals surface area contributed by atoms with E-state index >= 15 is 0 Å². The van der Waals surface area contributed by atoms with Gasteiger partial charge in [-0.15, -0.1) is 0 Å². The third-order valence-electron chi connectivity index (χ3n) is 5.01. The second-order valence-corrected chi connectivity index (χ2v) is 7.29. The maximum atomic E-state index is 12.6. The lowest BCUT2D eigenvalue weighted by atomic mass is 9.89. The van der Waals surface area contributed by atoms with Crippen LogP contribution in [0.2, 0.25) is 0 Å². The van der Waals surface area contributed by atoms with Crippen molar-refractivity contribution in [2.45, 2.75) is 31.2 Å². The Kier molecular flexibility index (Phi) is 5.34. The average Bonchev–Trinajstić information content (AvgIpc) is 2.70. The van der Waals surface area contributed by atoms with Crippen LogP contribution in [0.15, 0.2) is 54.7 Å². The molecule has 1 saturated carbocycles. The molecule has 0 aliphatic heterocycles. The van der Waals surface area contributed by atoms with Gasteiger partial charge in [0.1, 0.15) is 11.4 Å². The molecule has 4 rings (SSSR count). The second kappa shape index (κ2) is 7.95. The number of benzene rings is 2. The highest BCUT2D eigenvalue weighted by Gasteiger charge is 2.30. The Labute approximate surface area is 170 Å². The fourth-order valence-electron chi connectivity index (χ4n) is 3.47. The summed E-state index contributed by atoms with van der Waals surface area (Å²) in [5.74, 6) is -0.251. The van der Waals surface area contributed by atoms with Crippen LogP contribution in [-0.2, 0) is 0 Å². The van der Waals surface area contributed by atoms with Crippen LogP contribution in [-0.4, -0.2) is 40.9 Å². The molecule has 2 aromatic carbocycles. The van der Waals surface area contributed by atoms with Crippen molar-refractivity contribution in [2.75, 3.05) is 6.61 Å². The number of nitrogens with one attached hydrogen (secondary N) is 1. The van der Waals surface area contributed by atoms with Gasteiger partial charge >= 0.3 is 6.18 Å². The van der Waals surface area contributed by atoms with E-state index in [-0.39, 0.29) is 29.5 Å². The molecule has 3 aromatic rings. The number of carbonyl (C=O) groups is 1. The lowest BCUT2D eigenvalue weighted by Crippen LogP contribution is -2.46. The second-order valence-electron chi connectivity index (χ2n) is 7.29. The normalized spacial score (nSPS) is 18.7. The Morgan fingerprint density at radius 2 is 1.87 bits per heavy atom. The molecule has 0 atom stereocenters. The van der Waals surface area contributed by atoms with Crippen LogP contribution in [0.4, 0.5) is 13.2 Å². The molecule has 30 heavy (non-hydrogen) atoms. The van der Waals surface area contributed by atoms with Crippen LogP contribution in [0.1, 0.15) is 23.3 Å². The number of ether oxygens (including phenoxy) is 1. The number of fused-ring (bicyclic) bond motifs is 1. The quantitative estimate of drug-likeness (QED) is 0.657. The molecule has 0 spiro atoms. The van der Waals surface area contributed by atoms with E-state index in [9.17, 15) is 23.1 Å². The third kappa shape index (κ3) is 4.38. The van der Waals surface area contributed by atoms with Gasteiger partial charge in [0.2, 0.25) is 0 Å². The standard InChI is InChI=1S/C22H19F3N2O3/c23-22(24,25)12-30-20-7-2-1-5-17(20)16-6-3-4-13-11-26-19(10-18(13)16)21(29)27-14-8-15(28)9-14/h1-7,10-11,14-15,28H,8-9,12H2,(H,27,29). The van der Waals surface area contributed by atoms with Crippen LogP contribution in [0.3, 0.4) is 0 Å². The summed E-state index contributed by atoms with van der Waals surface area (Å²) in [5.41, 5.74) is 1.33. The number of hydrogen-bond acceptors (Lipinski definition) is 4. The summed E-state index contributed by atoms with van der Waals surface area (Å²) in [6.45, 7) is -1.39. The van der Waals surface area contributed by atoms with E-state index in [0.29, 0.717) is 29.4 Å². The SMILES string of the molecule is O=C(NC1CC(O)C1)c1cc2c(-c3ccccc3OCC(F)(F)F)cccc2cn1.